The van der Waals surface area contributed by atoms with Crippen molar-refractivity contribution in [3.8, 4) is 5.75 Å². The molecule has 0 fully saturated rings. The predicted octanol–water partition coefficient (Wildman–Crippen LogP) is -0.129. The number of benzene rings is 1. The van der Waals surface area contributed by atoms with Crippen molar-refractivity contribution in [1.82, 2.24) is 5.43 Å². The molecule has 0 saturated heterocycles. The molecule has 1 atom stereocenters. The van der Waals surface area contributed by atoms with Crippen LogP contribution in [0.2, 0.25) is 0 Å². The number of hydrogen-bond donors (Lipinski definition) is 2. The number of carbonyl (C=O) groups is 1. The van der Waals surface area contributed by atoms with Gasteiger partial charge in [0.1, 0.15) is 5.75 Å². The molecule has 0 saturated carbocycles. The highest BCUT2D eigenvalue weighted by Crippen LogP contribution is 2.20. The quantitative estimate of drug-likeness (QED) is 0.536. The lowest BCUT2D eigenvalue weighted by Gasteiger charge is -2.04. The minimum atomic E-state index is -1.56. The maximum absolute atomic E-state index is 11.2. The molecule has 0 radical (unpaired) electrons. The lowest BCUT2D eigenvalue weighted by atomic mass is 10.0. The van der Waals surface area contributed by atoms with Gasteiger partial charge in [-0.25, -0.2) is 5.43 Å². The summed E-state index contributed by atoms with van der Waals surface area (Å²) < 4.78 is 0. The Balaban J connectivity index is 2.46. The van der Waals surface area contributed by atoms with Gasteiger partial charge in [0.15, 0.2) is 5.71 Å². The summed E-state index contributed by atoms with van der Waals surface area (Å²) >= 11 is 0. The minimum Gasteiger partial charge on any atom is -0.507 e. The lowest BCUT2D eigenvalue weighted by Crippen LogP contribution is -2.36. The third-order valence-electron chi connectivity index (χ3n) is 2.18. The zero-order valence-electron chi connectivity index (χ0n) is 7.95. The fourth-order valence-corrected chi connectivity index (χ4v) is 1.46. The highest BCUT2D eigenvalue weighted by atomic mass is 16.6. The standard InChI is InChI=1S/C9H7N3O4/c13-6-4-2-1-3-5(6)7-8(12(15)16)9(14)11-10-7/h1-4,8,13H,(H,11,14)/t8-/m0/s1. The first-order chi connectivity index (χ1) is 7.61. The van der Waals surface area contributed by atoms with E-state index in [-0.39, 0.29) is 17.0 Å². The summed E-state index contributed by atoms with van der Waals surface area (Å²) in [6.45, 7) is 0. The van der Waals surface area contributed by atoms with Crippen LogP contribution in [0.3, 0.4) is 0 Å². The monoisotopic (exact) mass is 221 g/mol. The van der Waals surface area contributed by atoms with Gasteiger partial charge in [-0.15, -0.1) is 0 Å². The summed E-state index contributed by atoms with van der Waals surface area (Å²) in [5.41, 5.74) is 2.13. The van der Waals surface area contributed by atoms with Gasteiger partial charge < -0.3 is 5.11 Å². The number of phenols is 1. The number of amides is 1. The van der Waals surface area contributed by atoms with E-state index in [2.05, 4.69) is 5.10 Å². The van der Waals surface area contributed by atoms with Gasteiger partial charge in [0.05, 0.1) is 0 Å². The number of para-hydroxylation sites is 1. The molecule has 1 aromatic carbocycles. The van der Waals surface area contributed by atoms with E-state index in [9.17, 15) is 20.0 Å². The second kappa shape index (κ2) is 3.61. The average Bonchev–Trinajstić information content (AvgIpc) is 2.61. The van der Waals surface area contributed by atoms with Gasteiger partial charge in [-0.05, 0) is 12.1 Å². The Morgan fingerprint density at radius 1 is 1.44 bits per heavy atom. The molecule has 82 valence electrons. The van der Waals surface area contributed by atoms with Crippen molar-refractivity contribution in [2.75, 3.05) is 0 Å². The molecule has 0 spiro atoms. The van der Waals surface area contributed by atoms with E-state index in [1.54, 1.807) is 12.1 Å². The molecule has 16 heavy (non-hydrogen) atoms. The van der Waals surface area contributed by atoms with Crippen molar-refractivity contribution in [3.63, 3.8) is 0 Å². The fraction of sp³-hybridized carbons (Fsp3) is 0.111. The Hall–Kier alpha value is -2.44. The summed E-state index contributed by atoms with van der Waals surface area (Å²) in [6.07, 6.45) is 0. The Morgan fingerprint density at radius 2 is 2.12 bits per heavy atom. The first-order valence-corrected chi connectivity index (χ1v) is 4.40. The second-order valence-electron chi connectivity index (χ2n) is 3.18. The van der Waals surface area contributed by atoms with Gasteiger partial charge in [-0.2, -0.15) is 5.10 Å². The predicted molar refractivity (Wildman–Crippen MR) is 53.6 cm³/mol. The van der Waals surface area contributed by atoms with E-state index >= 15 is 0 Å². The smallest absolute Gasteiger partial charge is 0.335 e. The van der Waals surface area contributed by atoms with E-state index in [1.165, 1.54) is 12.1 Å². The zero-order valence-corrected chi connectivity index (χ0v) is 7.95. The van der Waals surface area contributed by atoms with Gasteiger partial charge in [0.2, 0.25) is 0 Å². The van der Waals surface area contributed by atoms with Crippen LogP contribution in [0.1, 0.15) is 5.56 Å². The number of carbonyl (C=O) groups excluding carboxylic acids is 1. The normalized spacial score (nSPS) is 19.1. The van der Waals surface area contributed by atoms with Crippen LogP contribution < -0.4 is 5.43 Å². The molecule has 2 N–H and O–H groups in total. The third kappa shape index (κ3) is 1.48. The molecule has 1 heterocycles. The molecule has 7 nitrogen and oxygen atoms in total. The number of hydrazone groups is 1. The molecule has 2 rings (SSSR count). The molecule has 1 aliphatic rings. The van der Waals surface area contributed by atoms with E-state index < -0.39 is 16.9 Å². The van der Waals surface area contributed by atoms with Gasteiger partial charge >= 0.3 is 11.9 Å². The van der Waals surface area contributed by atoms with Gasteiger partial charge in [-0.1, -0.05) is 12.1 Å². The van der Waals surface area contributed by atoms with Crippen molar-refractivity contribution in [2.45, 2.75) is 6.04 Å². The maximum Gasteiger partial charge on any atom is 0.335 e. The molecular weight excluding hydrogens is 214 g/mol. The van der Waals surface area contributed by atoms with Gasteiger partial charge in [-0.3, -0.25) is 14.9 Å². The number of phenolic OH excluding ortho intramolecular Hbond substituents is 1. The molecule has 1 aliphatic heterocycles. The first-order valence-electron chi connectivity index (χ1n) is 4.40. The van der Waals surface area contributed by atoms with Crippen LogP contribution >= 0.6 is 0 Å². The molecule has 7 heteroatoms. The summed E-state index contributed by atoms with van der Waals surface area (Å²) in [5, 5.41) is 23.8. The van der Waals surface area contributed by atoms with Crippen LogP contribution in [0.4, 0.5) is 0 Å². The Kier molecular flexibility index (Phi) is 2.28. The van der Waals surface area contributed by atoms with E-state index in [1.807, 2.05) is 5.43 Å². The van der Waals surface area contributed by atoms with E-state index in [4.69, 9.17) is 0 Å². The molecule has 1 aromatic rings. The van der Waals surface area contributed by atoms with E-state index in [0.717, 1.165) is 0 Å². The van der Waals surface area contributed by atoms with Crippen molar-refractivity contribution in [3.05, 3.63) is 39.9 Å². The number of nitrogens with zero attached hydrogens (tertiary/aromatic N) is 2. The third-order valence-corrected chi connectivity index (χ3v) is 2.18. The van der Waals surface area contributed by atoms with Gasteiger partial charge in [0.25, 0.3) is 0 Å². The van der Waals surface area contributed by atoms with Crippen molar-refractivity contribution >= 4 is 11.6 Å². The molecule has 0 aliphatic carbocycles. The first kappa shape index (κ1) is 10.1. The zero-order chi connectivity index (χ0) is 11.7. The maximum atomic E-state index is 11.2. The van der Waals surface area contributed by atoms with Crippen LogP contribution in [0.15, 0.2) is 29.4 Å². The summed E-state index contributed by atoms with van der Waals surface area (Å²) in [6, 6.07) is 4.44. The van der Waals surface area contributed by atoms with Gasteiger partial charge in [0, 0.05) is 10.5 Å². The topological polar surface area (TPSA) is 105 Å². The Morgan fingerprint density at radius 3 is 2.75 bits per heavy atom. The highest BCUT2D eigenvalue weighted by Gasteiger charge is 2.42. The second-order valence-corrected chi connectivity index (χ2v) is 3.18. The van der Waals surface area contributed by atoms with Crippen LogP contribution in [0.5, 0.6) is 5.75 Å². The summed E-state index contributed by atoms with van der Waals surface area (Å²) in [7, 11) is 0. The molecule has 0 bridgehead atoms. The lowest BCUT2D eigenvalue weighted by molar-refractivity contribution is -0.488. The van der Waals surface area contributed by atoms with E-state index in [0.29, 0.717) is 0 Å². The summed E-state index contributed by atoms with van der Waals surface area (Å²) in [5.74, 6) is -0.951. The molecule has 1 amide bonds. The number of rotatable bonds is 2. The number of hydrogen-bond acceptors (Lipinski definition) is 5. The van der Waals surface area contributed by atoms with Crippen LogP contribution in [0.25, 0.3) is 0 Å². The molecule has 0 unspecified atom stereocenters. The largest absolute Gasteiger partial charge is 0.507 e. The van der Waals surface area contributed by atoms with Crippen LogP contribution in [0, 0.1) is 10.1 Å². The SMILES string of the molecule is O=C1NN=C(c2ccccc2O)[C@@H]1[N+](=O)[O-]. The number of nitrogens with one attached hydrogen (secondary N) is 1. The Bertz CT molecular complexity index is 497. The highest BCUT2D eigenvalue weighted by molar-refractivity contribution is 6.19. The fourth-order valence-electron chi connectivity index (χ4n) is 1.46. The van der Waals surface area contributed by atoms with Crippen molar-refractivity contribution in [2.24, 2.45) is 5.10 Å². The average molecular weight is 221 g/mol. The summed E-state index contributed by atoms with van der Waals surface area (Å²) in [4.78, 5) is 21.1. The molecule has 0 aromatic heterocycles. The van der Waals surface area contributed by atoms with Crippen molar-refractivity contribution < 1.29 is 14.8 Å². The number of nitro groups is 1. The van der Waals surface area contributed by atoms with Crippen molar-refractivity contribution in [1.29, 1.82) is 0 Å². The molecular formula is C9H7N3O4. The van der Waals surface area contributed by atoms with Crippen LogP contribution in [-0.2, 0) is 4.79 Å². The number of aromatic hydroxyl groups is 1. The Labute approximate surface area is 89.5 Å². The van der Waals surface area contributed by atoms with Crippen LogP contribution in [-0.4, -0.2) is 27.7 Å². The minimum absolute atomic E-state index is 0.0758.